The monoisotopic (exact) mass is 289 g/mol. The van der Waals surface area contributed by atoms with Crippen molar-refractivity contribution in [3.05, 3.63) is 46.7 Å². The first-order valence-electron chi connectivity index (χ1n) is 5.05. The number of alkyl halides is 3. The van der Waals surface area contributed by atoms with Crippen molar-refractivity contribution < 1.29 is 18.0 Å². The maximum Gasteiger partial charge on any atom is 0.433 e. The maximum absolute atomic E-state index is 12.6. The number of aromatic nitrogens is 2. The van der Waals surface area contributed by atoms with E-state index in [2.05, 4.69) is 10.4 Å². The van der Waals surface area contributed by atoms with E-state index in [4.69, 9.17) is 11.6 Å². The fraction of sp³-hybridized carbons (Fsp3) is 0.0909. The van der Waals surface area contributed by atoms with Crippen LogP contribution in [0.5, 0.6) is 0 Å². The van der Waals surface area contributed by atoms with Gasteiger partial charge in [-0.05, 0) is 24.3 Å². The largest absolute Gasteiger partial charge is 0.433 e. The zero-order chi connectivity index (χ0) is 14.0. The minimum absolute atomic E-state index is 0.337. The highest BCUT2D eigenvalue weighted by atomic mass is 35.5. The molecule has 4 nitrogen and oxygen atoms in total. The molecule has 1 aromatic carbocycles. The standard InChI is InChI=1S/C11H7ClF3N3O/c12-6-1-3-7(4-2-6)17-10(19)8-5-16-18-9(8)11(13,14)15/h1-5H,(H,16,18)(H,17,19). The molecular weight excluding hydrogens is 283 g/mol. The number of hydrogen-bond acceptors (Lipinski definition) is 2. The molecule has 2 N–H and O–H groups in total. The molecule has 0 atom stereocenters. The number of rotatable bonds is 2. The van der Waals surface area contributed by atoms with Crippen LogP contribution >= 0.6 is 11.6 Å². The van der Waals surface area contributed by atoms with Crippen molar-refractivity contribution in [3.8, 4) is 0 Å². The molecule has 0 radical (unpaired) electrons. The van der Waals surface area contributed by atoms with Crippen LogP contribution in [0.2, 0.25) is 5.02 Å². The highest BCUT2D eigenvalue weighted by Crippen LogP contribution is 2.30. The number of H-pyrrole nitrogens is 1. The van der Waals surface area contributed by atoms with Crippen molar-refractivity contribution >= 4 is 23.2 Å². The van der Waals surface area contributed by atoms with Crippen LogP contribution in [0.15, 0.2) is 30.5 Å². The summed E-state index contributed by atoms with van der Waals surface area (Å²) in [6, 6.07) is 5.98. The Morgan fingerprint density at radius 2 is 1.89 bits per heavy atom. The number of aromatic amines is 1. The second-order valence-electron chi connectivity index (χ2n) is 3.62. The predicted molar refractivity (Wildman–Crippen MR) is 63.0 cm³/mol. The van der Waals surface area contributed by atoms with Crippen molar-refractivity contribution in [1.29, 1.82) is 0 Å². The Hall–Kier alpha value is -2.02. The van der Waals surface area contributed by atoms with Crippen molar-refractivity contribution in [2.45, 2.75) is 6.18 Å². The van der Waals surface area contributed by atoms with E-state index >= 15 is 0 Å². The van der Waals surface area contributed by atoms with E-state index in [1.165, 1.54) is 24.3 Å². The number of nitrogens with one attached hydrogen (secondary N) is 2. The molecule has 1 heterocycles. The summed E-state index contributed by atoms with van der Waals surface area (Å²) in [6.07, 6.45) is -3.84. The SMILES string of the molecule is O=C(Nc1ccc(Cl)cc1)c1cn[nH]c1C(F)(F)F. The zero-order valence-corrected chi connectivity index (χ0v) is 10.0. The summed E-state index contributed by atoms with van der Waals surface area (Å²) < 4.78 is 37.7. The van der Waals surface area contributed by atoms with Gasteiger partial charge in [0.15, 0.2) is 5.69 Å². The molecule has 2 rings (SSSR count). The quantitative estimate of drug-likeness (QED) is 0.891. The molecule has 1 amide bonds. The summed E-state index contributed by atoms with van der Waals surface area (Å²) in [5.41, 5.74) is -1.41. The van der Waals surface area contributed by atoms with E-state index < -0.39 is 23.3 Å². The van der Waals surface area contributed by atoms with Gasteiger partial charge in [-0.3, -0.25) is 9.89 Å². The van der Waals surface area contributed by atoms with Gasteiger partial charge >= 0.3 is 6.18 Å². The lowest BCUT2D eigenvalue weighted by Crippen LogP contribution is -2.17. The Labute approximate surface area is 110 Å². The molecule has 0 fully saturated rings. The third kappa shape index (κ3) is 3.05. The molecule has 0 aliphatic rings. The Balaban J connectivity index is 2.21. The fourth-order valence-corrected chi connectivity index (χ4v) is 1.53. The predicted octanol–water partition coefficient (Wildman–Crippen LogP) is 3.33. The third-order valence-corrected chi connectivity index (χ3v) is 2.52. The molecule has 0 aliphatic heterocycles. The van der Waals surface area contributed by atoms with E-state index in [9.17, 15) is 18.0 Å². The topological polar surface area (TPSA) is 57.8 Å². The Morgan fingerprint density at radius 3 is 2.47 bits per heavy atom. The molecule has 8 heteroatoms. The molecule has 100 valence electrons. The lowest BCUT2D eigenvalue weighted by atomic mass is 10.2. The first-order valence-corrected chi connectivity index (χ1v) is 5.43. The molecule has 0 unspecified atom stereocenters. The van der Waals surface area contributed by atoms with Gasteiger partial charge in [-0.15, -0.1) is 0 Å². The third-order valence-electron chi connectivity index (χ3n) is 2.27. The van der Waals surface area contributed by atoms with Crippen LogP contribution in [-0.2, 0) is 6.18 Å². The number of benzene rings is 1. The highest BCUT2D eigenvalue weighted by Gasteiger charge is 2.37. The molecule has 1 aromatic heterocycles. The maximum atomic E-state index is 12.6. The Kier molecular flexibility index (Phi) is 3.48. The smallest absolute Gasteiger partial charge is 0.322 e. The van der Waals surface area contributed by atoms with E-state index in [1.54, 1.807) is 5.10 Å². The first kappa shape index (κ1) is 13.4. The molecule has 0 spiro atoms. The number of anilines is 1. The second kappa shape index (κ2) is 4.93. The Bertz CT molecular complexity index is 592. The van der Waals surface area contributed by atoms with Crippen molar-refractivity contribution in [2.24, 2.45) is 0 Å². The molecule has 0 saturated carbocycles. The number of hydrogen-bond donors (Lipinski definition) is 2. The van der Waals surface area contributed by atoms with Gasteiger partial charge in [0.2, 0.25) is 0 Å². The van der Waals surface area contributed by atoms with Crippen molar-refractivity contribution in [2.75, 3.05) is 5.32 Å². The number of nitrogens with zero attached hydrogens (tertiary/aromatic N) is 1. The normalized spacial score (nSPS) is 11.4. The lowest BCUT2D eigenvalue weighted by molar-refractivity contribution is -0.141. The summed E-state index contributed by atoms with van der Waals surface area (Å²) in [5.74, 6) is -0.900. The summed E-state index contributed by atoms with van der Waals surface area (Å²) in [4.78, 5) is 11.7. The van der Waals surface area contributed by atoms with Crippen molar-refractivity contribution in [3.63, 3.8) is 0 Å². The number of carbonyl (C=O) groups excluding carboxylic acids is 1. The number of amides is 1. The van der Waals surface area contributed by atoms with E-state index in [0.717, 1.165) is 6.20 Å². The van der Waals surface area contributed by atoms with Crippen LogP contribution in [0.25, 0.3) is 0 Å². The van der Waals surface area contributed by atoms with Gasteiger partial charge in [-0.1, -0.05) is 11.6 Å². The molecule has 19 heavy (non-hydrogen) atoms. The van der Waals surface area contributed by atoms with Crippen LogP contribution in [0.3, 0.4) is 0 Å². The molecule has 0 aliphatic carbocycles. The van der Waals surface area contributed by atoms with Crippen LogP contribution < -0.4 is 5.32 Å². The zero-order valence-electron chi connectivity index (χ0n) is 9.25. The fourth-order valence-electron chi connectivity index (χ4n) is 1.41. The number of halogens is 4. The van der Waals surface area contributed by atoms with Crippen LogP contribution in [0, 0.1) is 0 Å². The molecule has 2 aromatic rings. The summed E-state index contributed by atoms with van der Waals surface area (Å²) >= 11 is 5.66. The van der Waals surface area contributed by atoms with Gasteiger partial charge in [0.1, 0.15) is 0 Å². The lowest BCUT2D eigenvalue weighted by Gasteiger charge is -2.07. The van der Waals surface area contributed by atoms with Gasteiger partial charge < -0.3 is 5.32 Å². The van der Waals surface area contributed by atoms with Crippen LogP contribution in [0.1, 0.15) is 16.1 Å². The molecule has 0 saturated heterocycles. The summed E-state index contributed by atoms with van der Waals surface area (Å²) in [5, 5.41) is 7.79. The van der Waals surface area contributed by atoms with E-state index in [1.807, 2.05) is 0 Å². The molecular formula is C11H7ClF3N3O. The van der Waals surface area contributed by atoms with Gasteiger partial charge in [0, 0.05) is 10.7 Å². The van der Waals surface area contributed by atoms with Gasteiger partial charge in [0.05, 0.1) is 11.8 Å². The summed E-state index contributed by atoms with van der Waals surface area (Å²) in [6.45, 7) is 0. The highest BCUT2D eigenvalue weighted by molar-refractivity contribution is 6.30. The van der Waals surface area contributed by atoms with Crippen LogP contribution in [0.4, 0.5) is 18.9 Å². The minimum Gasteiger partial charge on any atom is -0.322 e. The Morgan fingerprint density at radius 1 is 1.26 bits per heavy atom. The van der Waals surface area contributed by atoms with Gasteiger partial charge in [0.25, 0.3) is 5.91 Å². The minimum atomic E-state index is -4.66. The summed E-state index contributed by atoms with van der Waals surface area (Å²) in [7, 11) is 0. The van der Waals surface area contributed by atoms with E-state index in [-0.39, 0.29) is 0 Å². The average Bonchev–Trinajstić information content (AvgIpc) is 2.81. The van der Waals surface area contributed by atoms with Crippen molar-refractivity contribution in [1.82, 2.24) is 10.2 Å². The van der Waals surface area contributed by atoms with Crippen LogP contribution in [-0.4, -0.2) is 16.1 Å². The average molecular weight is 290 g/mol. The second-order valence-corrected chi connectivity index (χ2v) is 4.05. The van der Waals surface area contributed by atoms with E-state index in [0.29, 0.717) is 10.7 Å². The first-order chi connectivity index (χ1) is 8.88. The van der Waals surface area contributed by atoms with Gasteiger partial charge in [-0.25, -0.2) is 0 Å². The van der Waals surface area contributed by atoms with Gasteiger partial charge in [-0.2, -0.15) is 18.3 Å². The molecule has 0 bridgehead atoms. The number of carbonyl (C=O) groups is 1.